The van der Waals surface area contributed by atoms with Crippen LogP contribution in [0.5, 0.6) is 11.5 Å². The van der Waals surface area contributed by atoms with Gasteiger partial charge in [0.1, 0.15) is 22.1 Å². The molecule has 57 heavy (non-hydrogen) atoms. The highest BCUT2D eigenvalue weighted by Crippen LogP contribution is 2.41. The van der Waals surface area contributed by atoms with Gasteiger partial charge in [-0.15, -0.1) is 11.3 Å². The van der Waals surface area contributed by atoms with Gasteiger partial charge in [0.15, 0.2) is 0 Å². The zero-order valence-electron chi connectivity index (χ0n) is 32.1. The van der Waals surface area contributed by atoms with E-state index in [1.54, 1.807) is 4.90 Å². The van der Waals surface area contributed by atoms with Crippen LogP contribution in [0.15, 0.2) is 65.6 Å². The van der Waals surface area contributed by atoms with Crippen LogP contribution < -0.4 is 4.74 Å². The number of nitriles is 1. The number of piperidine rings is 1. The van der Waals surface area contributed by atoms with Crippen LogP contribution in [0.1, 0.15) is 88.0 Å². The number of alkyl halides is 6. The highest BCUT2D eigenvalue weighted by molar-refractivity contribution is 7.10. The van der Waals surface area contributed by atoms with E-state index in [1.807, 2.05) is 31.2 Å². The lowest BCUT2D eigenvalue weighted by Crippen LogP contribution is -2.47. The number of ether oxygens (including phenoxy) is 1. The Labute approximate surface area is 333 Å². The molecule has 2 aromatic rings. The number of aliphatic imine (C=N–C) groups is 1. The summed E-state index contributed by atoms with van der Waals surface area (Å²) in [5.41, 5.74) is -0.694. The normalized spacial score (nSPS) is 14.9. The molecule has 1 unspecified atom stereocenters. The number of allylic oxidation sites excluding steroid dienone is 2. The number of carboxylic acid groups (broad SMARTS) is 1. The molecule has 0 saturated carbocycles. The number of likely N-dealkylation sites (tertiary alicyclic amines) is 1. The molecule has 2 amide bonds. The average Bonchev–Trinajstić information content (AvgIpc) is 3.62. The molecule has 2 N–H and O–H groups in total. The van der Waals surface area contributed by atoms with Crippen molar-refractivity contribution in [3.8, 4) is 17.6 Å². The number of carbonyl (C=O) groups is 3. The Morgan fingerprint density at radius 2 is 1.77 bits per heavy atom. The average molecular weight is 829 g/mol. The number of amides is 2. The molecule has 2 heterocycles. The number of benzene rings is 1. The molecule has 1 fully saturated rings. The van der Waals surface area contributed by atoms with Gasteiger partial charge < -0.3 is 24.7 Å². The molecule has 17 heteroatoms. The van der Waals surface area contributed by atoms with Gasteiger partial charge in [-0.3, -0.25) is 19.4 Å². The lowest BCUT2D eigenvalue weighted by Gasteiger charge is -2.39. The van der Waals surface area contributed by atoms with Crippen molar-refractivity contribution < 1.29 is 55.7 Å². The van der Waals surface area contributed by atoms with Crippen LogP contribution >= 0.6 is 11.3 Å². The third-order valence-electron chi connectivity index (χ3n) is 9.17. The SMILES string of the molecule is C=C/C=C\N=C(CC(F)(F)F)C(=O)N(C)CCCC(CCCC)C(=O)N1CCC(C#N)(c2ccccc2OCCCCC(=O)O)CC1.Oc1csc(C(F)(F)F)c1. The maximum atomic E-state index is 13.7. The molecule has 0 aliphatic carbocycles. The summed E-state index contributed by atoms with van der Waals surface area (Å²) in [5, 5.41) is 28.8. The number of thiophene rings is 1. The van der Waals surface area contributed by atoms with E-state index >= 15 is 0 Å². The molecule has 314 valence electrons. The van der Waals surface area contributed by atoms with E-state index in [0.29, 0.717) is 87.8 Å². The summed E-state index contributed by atoms with van der Waals surface area (Å²) in [4.78, 5) is 43.2. The molecule has 1 saturated heterocycles. The van der Waals surface area contributed by atoms with Gasteiger partial charge in [-0.05, 0) is 57.1 Å². The van der Waals surface area contributed by atoms with Crippen LogP contribution in [0.4, 0.5) is 26.3 Å². The van der Waals surface area contributed by atoms with Crippen molar-refractivity contribution in [3.63, 3.8) is 0 Å². The van der Waals surface area contributed by atoms with E-state index in [0.717, 1.165) is 30.0 Å². The number of nitrogens with zero attached hydrogens (tertiary/aromatic N) is 4. The molecule has 0 spiro atoms. The van der Waals surface area contributed by atoms with Crippen LogP contribution in [-0.4, -0.2) is 83.0 Å². The standard InChI is InChI=1S/C35H47F3N4O5.C5H3F3OS/c1-4-6-13-27(14-12-21-41(3)33(46)29(25-35(36,37)38)40-20-7-5-2)32(45)42-22-18-34(26-39,19-23-42)28-15-8-9-16-30(28)47-24-11-10-17-31(43)44;6-5(7,8)4-1-3(9)2-10-4/h5,7-9,15-16,20,27H,2,4,6,10-14,17-19,21-25H2,1,3H3,(H,43,44);1-2,9H/b20-7-,40-29?;. The zero-order chi connectivity index (χ0) is 42.6. The summed E-state index contributed by atoms with van der Waals surface area (Å²) in [5.74, 6) is -1.75. The first kappa shape index (κ1) is 48.3. The van der Waals surface area contributed by atoms with E-state index in [9.17, 15) is 46.0 Å². The van der Waals surface area contributed by atoms with Crippen molar-refractivity contribution in [2.24, 2.45) is 10.9 Å². The van der Waals surface area contributed by atoms with Gasteiger partial charge in [0.25, 0.3) is 5.91 Å². The second-order valence-electron chi connectivity index (χ2n) is 13.5. The fraction of sp³-hybridized carbons (Fsp3) is 0.525. The Bertz CT molecular complexity index is 1710. The lowest BCUT2D eigenvalue weighted by atomic mass is 9.73. The van der Waals surface area contributed by atoms with Crippen LogP contribution in [0, 0.1) is 17.2 Å². The highest BCUT2D eigenvalue weighted by atomic mass is 32.1. The van der Waals surface area contributed by atoms with Gasteiger partial charge in [0.2, 0.25) is 5.91 Å². The topological polar surface area (TPSA) is 144 Å². The fourth-order valence-electron chi connectivity index (χ4n) is 6.13. The molecule has 1 aliphatic rings. The van der Waals surface area contributed by atoms with E-state index in [2.05, 4.69) is 17.6 Å². The summed E-state index contributed by atoms with van der Waals surface area (Å²) in [6.45, 7) is 6.75. The van der Waals surface area contributed by atoms with Crippen molar-refractivity contribution >= 4 is 34.8 Å². The Hall–Kier alpha value is -4.85. The van der Waals surface area contributed by atoms with Crippen molar-refractivity contribution in [1.29, 1.82) is 5.26 Å². The number of unbranched alkanes of at least 4 members (excludes halogenated alkanes) is 2. The Balaban J connectivity index is 0.000000969. The molecule has 0 radical (unpaired) electrons. The summed E-state index contributed by atoms with van der Waals surface area (Å²) in [6, 6.07) is 10.5. The molecule has 0 bridgehead atoms. The van der Waals surface area contributed by atoms with E-state index in [-0.39, 0.29) is 30.5 Å². The first-order valence-corrected chi connectivity index (χ1v) is 19.4. The molecule has 1 aromatic heterocycles. The number of hydrogen-bond acceptors (Lipinski definition) is 8. The fourth-order valence-corrected chi connectivity index (χ4v) is 6.77. The first-order chi connectivity index (χ1) is 26.9. The van der Waals surface area contributed by atoms with Gasteiger partial charge >= 0.3 is 18.3 Å². The predicted molar refractivity (Wildman–Crippen MR) is 205 cm³/mol. The summed E-state index contributed by atoms with van der Waals surface area (Å²) >= 11 is 0.481. The number of para-hydroxylation sites is 1. The van der Waals surface area contributed by atoms with Crippen molar-refractivity contribution in [2.45, 2.75) is 95.3 Å². The van der Waals surface area contributed by atoms with Gasteiger partial charge in [0.05, 0.1) is 24.5 Å². The van der Waals surface area contributed by atoms with Crippen molar-refractivity contribution in [3.05, 3.63) is 71.1 Å². The van der Waals surface area contributed by atoms with Gasteiger partial charge in [0, 0.05) is 62.2 Å². The molecule has 3 rings (SSSR count). The number of rotatable bonds is 19. The van der Waals surface area contributed by atoms with Crippen LogP contribution in [0.25, 0.3) is 0 Å². The van der Waals surface area contributed by atoms with E-state index < -0.39 is 46.7 Å². The monoisotopic (exact) mass is 828 g/mol. The van der Waals surface area contributed by atoms with Crippen LogP contribution in [0.3, 0.4) is 0 Å². The molecule has 1 aliphatic heterocycles. The molecule has 1 aromatic carbocycles. The van der Waals surface area contributed by atoms with Crippen molar-refractivity contribution in [1.82, 2.24) is 9.80 Å². The minimum atomic E-state index is -4.59. The minimum absolute atomic E-state index is 0.0178. The number of carbonyl (C=O) groups excluding carboxylic acids is 2. The van der Waals surface area contributed by atoms with Crippen LogP contribution in [-0.2, 0) is 26.0 Å². The smallest absolute Gasteiger partial charge is 0.425 e. The molecule has 1 atom stereocenters. The maximum absolute atomic E-state index is 13.7. The molecule has 10 nitrogen and oxygen atoms in total. The number of hydrogen-bond donors (Lipinski definition) is 2. The third kappa shape index (κ3) is 16.6. The van der Waals surface area contributed by atoms with E-state index in [4.69, 9.17) is 14.9 Å². The zero-order valence-corrected chi connectivity index (χ0v) is 32.9. The Morgan fingerprint density at radius 3 is 2.32 bits per heavy atom. The van der Waals surface area contributed by atoms with Gasteiger partial charge in [-0.2, -0.15) is 31.6 Å². The predicted octanol–water partition coefficient (Wildman–Crippen LogP) is 9.31. The lowest BCUT2D eigenvalue weighted by molar-refractivity contribution is -0.138. The number of aliphatic carboxylic acids is 1. The first-order valence-electron chi connectivity index (χ1n) is 18.5. The van der Waals surface area contributed by atoms with E-state index in [1.165, 1.54) is 24.1 Å². The quantitative estimate of drug-likeness (QED) is 0.0622. The Morgan fingerprint density at radius 1 is 1.11 bits per heavy atom. The highest BCUT2D eigenvalue weighted by Gasteiger charge is 2.41. The molecular weight excluding hydrogens is 779 g/mol. The van der Waals surface area contributed by atoms with Gasteiger partial charge in [-0.1, -0.05) is 50.6 Å². The second kappa shape index (κ2) is 23.4. The van der Waals surface area contributed by atoms with Gasteiger partial charge in [-0.25, -0.2) is 0 Å². The van der Waals surface area contributed by atoms with Crippen LogP contribution in [0.2, 0.25) is 0 Å². The second-order valence-corrected chi connectivity index (χ2v) is 14.4. The number of halogens is 6. The summed E-state index contributed by atoms with van der Waals surface area (Å²) in [6.07, 6.45) is -1.32. The third-order valence-corrected chi connectivity index (χ3v) is 10.1. The minimum Gasteiger partial charge on any atom is -0.507 e. The number of carboxylic acids is 1. The van der Waals surface area contributed by atoms with Crippen molar-refractivity contribution in [2.75, 3.05) is 33.3 Å². The Kier molecular flexibility index (Phi) is 19.8. The maximum Gasteiger partial charge on any atom is 0.425 e. The number of aromatic hydroxyl groups is 1. The largest absolute Gasteiger partial charge is 0.507 e. The summed E-state index contributed by atoms with van der Waals surface area (Å²) < 4.78 is 80.3. The summed E-state index contributed by atoms with van der Waals surface area (Å²) in [7, 11) is 1.43. The molecular formula is C40H50F6N4O6S.